The second-order valence-corrected chi connectivity index (χ2v) is 6.42. The minimum absolute atomic E-state index is 0.122. The molecule has 2 rings (SSSR count). The zero-order valence-electron chi connectivity index (χ0n) is 12.3. The highest BCUT2D eigenvalue weighted by atomic mass is 79.9. The molecule has 0 unspecified atom stereocenters. The average molecular weight is 370 g/mol. The molecule has 5 nitrogen and oxygen atoms in total. The van der Waals surface area contributed by atoms with Gasteiger partial charge in [-0.05, 0) is 30.9 Å². The molecular weight excluding hydrogens is 350 g/mol. The lowest BCUT2D eigenvalue weighted by atomic mass is 9.80. The fourth-order valence-corrected chi connectivity index (χ4v) is 3.02. The Morgan fingerprint density at radius 2 is 1.95 bits per heavy atom. The third kappa shape index (κ3) is 4.30. The van der Waals surface area contributed by atoms with Crippen molar-refractivity contribution in [2.75, 3.05) is 19.8 Å². The van der Waals surface area contributed by atoms with E-state index in [0.29, 0.717) is 38.9 Å². The zero-order chi connectivity index (χ0) is 16.0. The smallest absolute Gasteiger partial charge is 0.311 e. The highest BCUT2D eigenvalue weighted by Gasteiger charge is 2.40. The minimum Gasteiger partial charge on any atom is -0.481 e. The molecular formula is C16H20BrNO4. The molecule has 0 atom stereocenters. The van der Waals surface area contributed by atoms with Gasteiger partial charge in [-0.1, -0.05) is 34.1 Å². The number of hydrogen-bond donors (Lipinski definition) is 2. The number of aryl methyl sites for hydroxylation is 1. The van der Waals surface area contributed by atoms with Gasteiger partial charge in [-0.25, -0.2) is 0 Å². The van der Waals surface area contributed by atoms with Gasteiger partial charge in [-0.15, -0.1) is 0 Å². The fourth-order valence-electron chi connectivity index (χ4n) is 2.53. The van der Waals surface area contributed by atoms with E-state index in [0.717, 1.165) is 10.0 Å². The third-order valence-corrected chi connectivity index (χ3v) is 4.88. The predicted molar refractivity (Wildman–Crippen MR) is 85.6 cm³/mol. The second-order valence-electron chi connectivity index (χ2n) is 5.57. The lowest BCUT2D eigenvalue weighted by molar-refractivity contribution is -0.154. The van der Waals surface area contributed by atoms with Gasteiger partial charge in [0.1, 0.15) is 0 Å². The van der Waals surface area contributed by atoms with Crippen LogP contribution in [0.25, 0.3) is 0 Å². The molecule has 1 saturated heterocycles. The number of carboxylic acids is 1. The number of benzene rings is 1. The first kappa shape index (κ1) is 17.0. The highest BCUT2D eigenvalue weighted by Crippen LogP contribution is 2.30. The second kappa shape index (κ2) is 7.74. The molecule has 1 aliphatic heterocycles. The minimum atomic E-state index is -0.888. The first-order valence-corrected chi connectivity index (χ1v) is 8.14. The summed E-state index contributed by atoms with van der Waals surface area (Å²) in [5, 5.41) is 12.2. The number of halogens is 1. The van der Waals surface area contributed by atoms with Crippen LogP contribution in [0.15, 0.2) is 28.7 Å². The molecule has 6 heteroatoms. The van der Waals surface area contributed by atoms with Crippen LogP contribution in [0.4, 0.5) is 0 Å². The van der Waals surface area contributed by atoms with Crippen molar-refractivity contribution in [2.45, 2.75) is 25.7 Å². The van der Waals surface area contributed by atoms with Crippen molar-refractivity contribution in [2.24, 2.45) is 5.41 Å². The van der Waals surface area contributed by atoms with Crippen molar-refractivity contribution in [1.82, 2.24) is 5.32 Å². The van der Waals surface area contributed by atoms with Crippen LogP contribution in [0.1, 0.15) is 24.8 Å². The summed E-state index contributed by atoms with van der Waals surface area (Å²) in [7, 11) is 0. The van der Waals surface area contributed by atoms with E-state index in [9.17, 15) is 14.7 Å². The van der Waals surface area contributed by atoms with Crippen LogP contribution >= 0.6 is 15.9 Å². The molecule has 0 spiro atoms. The first-order valence-electron chi connectivity index (χ1n) is 7.35. The van der Waals surface area contributed by atoms with E-state index in [4.69, 9.17) is 4.74 Å². The molecule has 120 valence electrons. The van der Waals surface area contributed by atoms with Gasteiger partial charge in [0, 0.05) is 30.7 Å². The van der Waals surface area contributed by atoms with Gasteiger partial charge < -0.3 is 15.2 Å². The maximum Gasteiger partial charge on any atom is 0.311 e. The number of carbonyl (C=O) groups excluding carboxylic acids is 1. The van der Waals surface area contributed by atoms with Gasteiger partial charge in [0.15, 0.2) is 0 Å². The van der Waals surface area contributed by atoms with Crippen LogP contribution in [0.2, 0.25) is 0 Å². The van der Waals surface area contributed by atoms with Crippen molar-refractivity contribution in [3.05, 3.63) is 34.3 Å². The molecule has 0 aromatic heterocycles. The van der Waals surface area contributed by atoms with E-state index < -0.39 is 11.4 Å². The SMILES string of the molecule is O=C(CCc1ccccc1Br)NCC1(C(=O)O)CCOCC1. The predicted octanol–water partition coefficient (Wildman–Crippen LogP) is 2.38. The number of hydrogen-bond acceptors (Lipinski definition) is 3. The average Bonchev–Trinajstić information content (AvgIpc) is 2.53. The molecule has 1 aromatic rings. The number of nitrogens with one attached hydrogen (secondary N) is 1. The van der Waals surface area contributed by atoms with Crippen LogP contribution in [-0.2, 0) is 20.7 Å². The van der Waals surface area contributed by atoms with E-state index in [1.165, 1.54) is 0 Å². The molecule has 1 aliphatic rings. The molecule has 1 amide bonds. The quantitative estimate of drug-likeness (QED) is 0.806. The van der Waals surface area contributed by atoms with E-state index in [-0.39, 0.29) is 12.5 Å². The summed E-state index contributed by atoms with van der Waals surface area (Å²) in [6.45, 7) is 1.03. The Kier molecular flexibility index (Phi) is 5.97. The molecule has 1 aromatic carbocycles. The van der Waals surface area contributed by atoms with Crippen LogP contribution in [0.5, 0.6) is 0 Å². The monoisotopic (exact) mass is 369 g/mol. The molecule has 22 heavy (non-hydrogen) atoms. The summed E-state index contributed by atoms with van der Waals surface area (Å²) >= 11 is 3.45. The van der Waals surface area contributed by atoms with Crippen molar-refractivity contribution in [1.29, 1.82) is 0 Å². The van der Waals surface area contributed by atoms with Crippen LogP contribution in [-0.4, -0.2) is 36.7 Å². The largest absolute Gasteiger partial charge is 0.481 e. The summed E-state index contributed by atoms with van der Waals surface area (Å²) in [5.41, 5.74) is 0.179. The Balaban J connectivity index is 1.84. The van der Waals surface area contributed by atoms with E-state index in [2.05, 4.69) is 21.2 Å². The molecule has 0 aliphatic carbocycles. The van der Waals surface area contributed by atoms with Gasteiger partial charge in [-0.2, -0.15) is 0 Å². The highest BCUT2D eigenvalue weighted by molar-refractivity contribution is 9.10. The summed E-state index contributed by atoms with van der Waals surface area (Å²) in [5.74, 6) is -0.982. The standard InChI is InChI=1S/C16H20BrNO4/c17-13-4-2-1-3-12(13)5-6-14(19)18-11-16(15(20)21)7-9-22-10-8-16/h1-4H,5-11H2,(H,18,19)(H,20,21). The normalized spacial score (nSPS) is 17.0. The zero-order valence-corrected chi connectivity index (χ0v) is 13.9. The van der Waals surface area contributed by atoms with Crippen molar-refractivity contribution in [3.8, 4) is 0 Å². The first-order chi connectivity index (χ1) is 10.5. The Morgan fingerprint density at radius 1 is 1.27 bits per heavy atom. The molecule has 0 radical (unpaired) electrons. The van der Waals surface area contributed by atoms with Gasteiger partial charge in [0.2, 0.25) is 5.91 Å². The Bertz CT molecular complexity index is 541. The van der Waals surface area contributed by atoms with Gasteiger partial charge in [0.05, 0.1) is 5.41 Å². The summed E-state index contributed by atoms with van der Waals surface area (Å²) in [6.07, 6.45) is 1.84. The Morgan fingerprint density at radius 3 is 2.59 bits per heavy atom. The Hall–Kier alpha value is -1.40. The van der Waals surface area contributed by atoms with E-state index in [1.807, 2.05) is 24.3 Å². The number of ether oxygens (including phenoxy) is 1. The van der Waals surface area contributed by atoms with E-state index in [1.54, 1.807) is 0 Å². The topological polar surface area (TPSA) is 75.6 Å². The number of rotatable bonds is 6. The van der Waals surface area contributed by atoms with Crippen molar-refractivity contribution >= 4 is 27.8 Å². The number of carbonyl (C=O) groups is 2. The maximum absolute atomic E-state index is 12.0. The number of amides is 1. The lowest BCUT2D eigenvalue weighted by Gasteiger charge is -2.33. The van der Waals surface area contributed by atoms with Crippen LogP contribution in [0, 0.1) is 5.41 Å². The van der Waals surface area contributed by atoms with Gasteiger partial charge in [0.25, 0.3) is 0 Å². The van der Waals surface area contributed by atoms with Crippen molar-refractivity contribution in [3.63, 3.8) is 0 Å². The summed E-state index contributed by atoms with van der Waals surface area (Å²) in [4.78, 5) is 23.5. The summed E-state index contributed by atoms with van der Waals surface area (Å²) in [6, 6.07) is 7.76. The van der Waals surface area contributed by atoms with E-state index >= 15 is 0 Å². The molecule has 0 saturated carbocycles. The molecule has 1 fully saturated rings. The Labute approximate surface area is 138 Å². The summed E-state index contributed by atoms with van der Waals surface area (Å²) < 4.78 is 6.20. The maximum atomic E-state index is 12.0. The van der Waals surface area contributed by atoms with Crippen LogP contribution < -0.4 is 5.32 Å². The number of carboxylic acid groups (broad SMARTS) is 1. The van der Waals surface area contributed by atoms with Gasteiger partial charge in [-0.3, -0.25) is 9.59 Å². The fraction of sp³-hybridized carbons (Fsp3) is 0.500. The van der Waals surface area contributed by atoms with Crippen LogP contribution in [0.3, 0.4) is 0 Å². The van der Waals surface area contributed by atoms with Crippen molar-refractivity contribution < 1.29 is 19.4 Å². The molecule has 1 heterocycles. The molecule has 2 N–H and O–H groups in total. The van der Waals surface area contributed by atoms with Gasteiger partial charge >= 0.3 is 5.97 Å². The third-order valence-electron chi connectivity index (χ3n) is 4.11. The molecule has 0 bridgehead atoms. The number of aliphatic carboxylic acids is 1. The lowest BCUT2D eigenvalue weighted by Crippen LogP contribution is -2.46.